The van der Waals surface area contributed by atoms with Gasteiger partial charge in [0.05, 0.1) is 19.1 Å². The molecule has 3 rings (SSSR count). The summed E-state index contributed by atoms with van der Waals surface area (Å²) in [4.78, 5) is 11.7. The van der Waals surface area contributed by atoms with Gasteiger partial charge in [-0.1, -0.05) is 6.07 Å². The van der Waals surface area contributed by atoms with Crippen LogP contribution in [0.1, 0.15) is 62.8 Å². The third kappa shape index (κ3) is 4.25. The first-order valence-electron chi connectivity index (χ1n) is 9.15. The molecule has 1 aromatic rings. The van der Waals surface area contributed by atoms with Crippen LogP contribution in [-0.4, -0.2) is 19.2 Å². The minimum atomic E-state index is -0.388. The SMILES string of the molecule is COc1ccc(C2CCC(C(=O)OC#N)CC2)cc1OC1CCCC1. The largest absolute Gasteiger partial charge is 0.493 e. The highest BCUT2D eigenvalue weighted by molar-refractivity contribution is 5.73. The zero-order chi connectivity index (χ0) is 17.6. The first-order valence-corrected chi connectivity index (χ1v) is 9.15. The van der Waals surface area contributed by atoms with Crippen LogP contribution in [0.5, 0.6) is 11.5 Å². The highest BCUT2D eigenvalue weighted by Gasteiger charge is 2.29. The molecule has 0 heterocycles. The molecular formula is C20H25NO4. The van der Waals surface area contributed by atoms with Crippen molar-refractivity contribution in [3.8, 4) is 17.8 Å². The van der Waals surface area contributed by atoms with E-state index in [4.69, 9.17) is 14.7 Å². The van der Waals surface area contributed by atoms with Gasteiger partial charge in [-0.2, -0.15) is 0 Å². The summed E-state index contributed by atoms with van der Waals surface area (Å²) in [6.07, 6.45) is 9.81. The van der Waals surface area contributed by atoms with Gasteiger partial charge in [-0.05, 0) is 75.0 Å². The average molecular weight is 343 g/mol. The van der Waals surface area contributed by atoms with Crippen molar-refractivity contribution in [2.45, 2.75) is 63.4 Å². The van der Waals surface area contributed by atoms with Crippen molar-refractivity contribution in [3.63, 3.8) is 0 Å². The zero-order valence-corrected chi connectivity index (χ0v) is 14.7. The van der Waals surface area contributed by atoms with Gasteiger partial charge in [-0.25, -0.2) is 0 Å². The Bertz CT molecular complexity index is 638. The molecule has 2 fully saturated rings. The Morgan fingerprint density at radius 3 is 2.44 bits per heavy atom. The summed E-state index contributed by atoms with van der Waals surface area (Å²) < 4.78 is 16.1. The van der Waals surface area contributed by atoms with E-state index in [-0.39, 0.29) is 11.9 Å². The summed E-state index contributed by atoms with van der Waals surface area (Å²) in [5.74, 6) is 1.48. The van der Waals surface area contributed by atoms with Crippen molar-refractivity contribution in [3.05, 3.63) is 23.8 Å². The van der Waals surface area contributed by atoms with Crippen molar-refractivity contribution >= 4 is 5.97 Å². The molecule has 0 saturated heterocycles. The van der Waals surface area contributed by atoms with Crippen molar-refractivity contribution in [1.82, 2.24) is 0 Å². The van der Waals surface area contributed by atoms with Gasteiger partial charge in [0, 0.05) is 0 Å². The second kappa shape index (κ2) is 8.24. The molecule has 0 aliphatic heterocycles. The lowest BCUT2D eigenvalue weighted by molar-refractivity contribution is -0.142. The number of rotatable bonds is 5. The van der Waals surface area contributed by atoms with Crippen molar-refractivity contribution in [2.75, 3.05) is 7.11 Å². The van der Waals surface area contributed by atoms with Gasteiger partial charge in [0.1, 0.15) is 0 Å². The lowest BCUT2D eigenvalue weighted by atomic mass is 9.78. The van der Waals surface area contributed by atoms with E-state index >= 15 is 0 Å². The summed E-state index contributed by atoms with van der Waals surface area (Å²) in [5, 5.41) is 8.48. The Kier molecular flexibility index (Phi) is 5.80. The Morgan fingerprint density at radius 2 is 1.80 bits per heavy atom. The van der Waals surface area contributed by atoms with E-state index < -0.39 is 0 Å². The second-order valence-corrected chi connectivity index (χ2v) is 7.00. The quantitative estimate of drug-likeness (QED) is 0.588. The highest BCUT2D eigenvalue weighted by Crippen LogP contribution is 2.40. The molecule has 25 heavy (non-hydrogen) atoms. The maximum atomic E-state index is 11.7. The van der Waals surface area contributed by atoms with E-state index in [9.17, 15) is 4.79 Å². The number of esters is 1. The number of carbonyl (C=O) groups excluding carboxylic acids is 1. The van der Waals surface area contributed by atoms with Crippen LogP contribution in [0.2, 0.25) is 0 Å². The lowest BCUT2D eigenvalue weighted by Gasteiger charge is -2.27. The number of hydrogen-bond donors (Lipinski definition) is 0. The Labute approximate surface area is 148 Å². The molecule has 2 aliphatic rings. The van der Waals surface area contributed by atoms with Crippen LogP contribution in [0.4, 0.5) is 0 Å². The molecule has 0 aromatic heterocycles. The smallest absolute Gasteiger partial charge is 0.324 e. The van der Waals surface area contributed by atoms with Gasteiger partial charge in [-0.3, -0.25) is 4.79 Å². The Morgan fingerprint density at radius 1 is 1.08 bits per heavy atom. The fraction of sp³-hybridized carbons (Fsp3) is 0.600. The fourth-order valence-electron chi connectivity index (χ4n) is 4.02. The molecule has 0 amide bonds. The van der Waals surface area contributed by atoms with Gasteiger partial charge < -0.3 is 14.2 Å². The van der Waals surface area contributed by atoms with Gasteiger partial charge in [0.25, 0.3) is 6.26 Å². The molecule has 0 radical (unpaired) electrons. The molecule has 134 valence electrons. The van der Waals surface area contributed by atoms with Crippen molar-refractivity contribution in [1.29, 1.82) is 5.26 Å². The third-order valence-electron chi connectivity index (χ3n) is 5.46. The van der Waals surface area contributed by atoms with Crippen LogP contribution in [0, 0.1) is 17.4 Å². The molecule has 0 N–H and O–H groups in total. The standard InChI is InChI=1S/C20H25NO4/c1-23-18-11-10-16(12-19(18)25-17-4-2-3-5-17)14-6-8-15(9-7-14)20(22)24-13-21/h10-12,14-15,17H,2-9H2,1H3. The molecule has 0 unspecified atom stereocenters. The summed E-state index contributed by atoms with van der Waals surface area (Å²) in [6, 6.07) is 6.18. The predicted octanol–water partition coefficient (Wildman–Crippen LogP) is 4.31. The van der Waals surface area contributed by atoms with Crippen LogP contribution >= 0.6 is 0 Å². The first-order chi connectivity index (χ1) is 12.2. The molecule has 0 spiro atoms. The average Bonchev–Trinajstić information content (AvgIpc) is 3.15. The molecule has 2 saturated carbocycles. The number of nitriles is 1. The summed E-state index contributed by atoms with van der Waals surface area (Å²) in [7, 11) is 1.67. The van der Waals surface area contributed by atoms with E-state index in [1.165, 1.54) is 24.7 Å². The van der Waals surface area contributed by atoms with Gasteiger partial charge in [-0.15, -0.1) is 5.26 Å². The first kappa shape index (κ1) is 17.6. The number of hydrogen-bond acceptors (Lipinski definition) is 5. The van der Waals surface area contributed by atoms with E-state index in [2.05, 4.69) is 16.9 Å². The monoisotopic (exact) mass is 343 g/mol. The molecule has 1 aromatic carbocycles. The number of benzene rings is 1. The topological polar surface area (TPSA) is 68.5 Å². The van der Waals surface area contributed by atoms with Crippen LogP contribution < -0.4 is 9.47 Å². The minimum Gasteiger partial charge on any atom is -0.493 e. The van der Waals surface area contributed by atoms with Crippen LogP contribution in [0.3, 0.4) is 0 Å². The molecule has 5 nitrogen and oxygen atoms in total. The second-order valence-electron chi connectivity index (χ2n) is 7.00. The number of methoxy groups -OCH3 is 1. The van der Waals surface area contributed by atoms with E-state index in [0.29, 0.717) is 12.0 Å². The molecule has 2 aliphatic carbocycles. The van der Waals surface area contributed by atoms with Crippen molar-refractivity contribution < 1.29 is 19.0 Å². The Hall–Kier alpha value is -2.22. The van der Waals surface area contributed by atoms with E-state index in [1.54, 1.807) is 7.11 Å². The van der Waals surface area contributed by atoms with Crippen LogP contribution in [0.15, 0.2) is 18.2 Å². The fourth-order valence-corrected chi connectivity index (χ4v) is 4.02. The zero-order valence-electron chi connectivity index (χ0n) is 14.7. The summed E-state index contributed by atoms with van der Waals surface area (Å²) in [6.45, 7) is 0. The summed E-state index contributed by atoms with van der Waals surface area (Å²) >= 11 is 0. The number of nitrogens with zero attached hydrogens (tertiary/aromatic N) is 1. The van der Waals surface area contributed by atoms with E-state index in [1.807, 2.05) is 6.07 Å². The van der Waals surface area contributed by atoms with Gasteiger partial charge in [0.2, 0.25) is 0 Å². The minimum absolute atomic E-state index is 0.150. The van der Waals surface area contributed by atoms with Gasteiger partial charge >= 0.3 is 5.97 Å². The summed E-state index contributed by atoms with van der Waals surface area (Å²) in [5.41, 5.74) is 1.24. The third-order valence-corrected chi connectivity index (χ3v) is 5.46. The number of carbonyl (C=O) groups is 1. The van der Waals surface area contributed by atoms with Crippen LogP contribution in [0.25, 0.3) is 0 Å². The molecule has 0 atom stereocenters. The maximum Gasteiger partial charge on any atom is 0.324 e. The maximum absolute atomic E-state index is 11.7. The molecule has 5 heteroatoms. The molecule has 0 bridgehead atoms. The van der Waals surface area contributed by atoms with Crippen molar-refractivity contribution in [2.24, 2.45) is 5.92 Å². The number of ether oxygens (including phenoxy) is 3. The van der Waals surface area contributed by atoms with Crippen LogP contribution in [-0.2, 0) is 9.53 Å². The Balaban J connectivity index is 1.66. The van der Waals surface area contributed by atoms with E-state index in [0.717, 1.165) is 50.0 Å². The molecular weight excluding hydrogens is 318 g/mol. The normalized spacial score (nSPS) is 23.7. The predicted molar refractivity (Wildman–Crippen MR) is 92.3 cm³/mol. The van der Waals surface area contributed by atoms with Gasteiger partial charge in [0.15, 0.2) is 11.5 Å². The highest BCUT2D eigenvalue weighted by atomic mass is 16.5. The lowest BCUT2D eigenvalue weighted by Crippen LogP contribution is -2.22.